The number of anilines is 5. The molecule has 2 fully saturated rings. The Labute approximate surface area is 201 Å². The number of hydrogen-bond donors (Lipinski definition) is 5. The Bertz CT molecular complexity index is 1350. The van der Waals surface area contributed by atoms with Crippen molar-refractivity contribution in [3.8, 4) is 5.75 Å². The number of halogens is 1. The smallest absolute Gasteiger partial charge is 0.261 e. The number of rotatable bonds is 5. The average Bonchev–Trinajstić information content (AvgIpc) is 3.52. The first-order valence-electron chi connectivity index (χ1n) is 11.7. The number of fused-ring (bicyclic) bond motifs is 3. The maximum absolute atomic E-state index is 14.5. The molecule has 0 radical (unpaired) electrons. The standard InChI is InChI=1S/C26H26FN5O3/c1-13-6-17(27)20(9-23(13)34)29-19-4-5-28-25-24(19)26(35)31-21-7-14(2-3-18(21)30-25)10-32-11-15-8-16(15)22(32)12-33/h2-7,9,15-16,22,33-34H,8,10-12H2,1H3,(H,31,35)(H2,28,29,30)/t15-,16-,22?/m1/s1. The second-order valence-electron chi connectivity index (χ2n) is 9.62. The molecular formula is C26H26FN5O3. The Morgan fingerprint density at radius 2 is 2.03 bits per heavy atom. The van der Waals surface area contributed by atoms with E-state index >= 15 is 0 Å². The summed E-state index contributed by atoms with van der Waals surface area (Å²) in [7, 11) is 0. The lowest BCUT2D eigenvalue weighted by Gasteiger charge is -2.26. The number of aromatic hydroxyl groups is 1. The molecule has 1 saturated heterocycles. The first-order chi connectivity index (χ1) is 16.9. The van der Waals surface area contributed by atoms with E-state index in [1.54, 1.807) is 13.0 Å². The summed E-state index contributed by atoms with van der Waals surface area (Å²) in [6.07, 6.45) is 2.74. The molecule has 0 spiro atoms. The highest BCUT2D eigenvalue weighted by Crippen LogP contribution is 2.49. The molecule has 3 atom stereocenters. The lowest BCUT2D eigenvalue weighted by molar-refractivity contribution is 0.102. The molecule has 3 heterocycles. The number of aryl methyl sites for hydroxylation is 1. The van der Waals surface area contributed by atoms with Crippen LogP contribution in [0.3, 0.4) is 0 Å². The highest BCUT2D eigenvalue weighted by molar-refractivity contribution is 6.15. The zero-order valence-electron chi connectivity index (χ0n) is 19.2. The Balaban J connectivity index is 1.27. The molecule has 2 aromatic carbocycles. The van der Waals surface area contributed by atoms with Gasteiger partial charge in [-0.2, -0.15) is 0 Å². The molecule has 1 unspecified atom stereocenters. The predicted octanol–water partition coefficient (Wildman–Crippen LogP) is 4.10. The molecule has 35 heavy (non-hydrogen) atoms. The van der Waals surface area contributed by atoms with Crippen LogP contribution in [-0.2, 0) is 6.54 Å². The highest BCUT2D eigenvalue weighted by atomic mass is 19.1. The van der Waals surface area contributed by atoms with Crippen LogP contribution in [0.1, 0.15) is 27.9 Å². The molecule has 9 heteroatoms. The van der Waals surface area contributed by atoms with Gasteiger partial charge in [0.15, 0.2) is 0 Å². The molecular weight excluding hydrogens is 449 g/mol. The minimum absolute atomic E-state index is 0.0460. The monoisotopic (exact) mass is 475 g/mol. The molecule has 3 aliphatic rings. The zero-order chi connectivity index (χ0) is 24.3. The molecule has 3 aromatic rings. The summed E-state index contributed by atoms with van der Waals surface area (Å²) >= 11 is 0. The van der Waals surface area contributed by atoms with E-state index in [0.29, 0.717) is 46.8 Å². The molecule has 1 aliphatic carbocycles. The molecule has 2 aliphatic heterocycles. The number of likely N-dealkylation sites (tertiary alicyclic amines) is 1. The summed E-state index contributed by atoms with van der Waals surface area (Å²) in [5.41, 5.74) is 3.44. The minimum Gasteiger partial charge on any atom is -0.508 e. The van der Waals surface area contributed by atoms with E-state index in [1.807, 2.05) is 18.2 Å². The van der Waals surface area contributed by atoms with E-state index in [2.05, 4.69) is 25.8 Å². The first-order valence-corrected chi connectivity index (χ1v) is 11.7. The number of carbonyl (C=O) groups excluding carboxylic acids is 1. The maximum atomic E-state index is 14.5. The number of aliphatic hydroxyl groups excluding tert-OH is 1. The van der Waals surface area contributed by atoms with Crippen LogP contribution < -0.4 is 16.0 Å². The number of pyridine rings is 1. The largest absolute Gasteiger partial charge is 0.508 e. The number of hydrogen-bond acceptors (Lipinski definition) is 7. The fourth-order valence-electron chi connectivity index (χ4n) is 5.33. The van der Waals surface area contributed by atoms with Crippen molar-refractivity contribution in [2.45, 2.75) is 25.9 Å². The fourth-order valence-corrected chi connectivity index (χ4v) is 5.33. The second-order valence-corrected chi connectivity index (χ2v) is 9.62. The van der Waals surface area contributed by atoms with Crippen LogP contribution in [0.5, 0.6) is 5.75 Å². The van der Waals surface area contributed by atoms with Gasteiger partial charge in [0.05, 0.1) is 29.4 Å². The number of phenols is 1. The maximum Gasteiger partial charge on any atom is 0.261 e. The molecule has 180 valence electrons. The van der Waals surface area contributed by atoms with Crippen LogP contribution in [0.2, 0.25) is 0 Å². The Kier molecular flexibility index (Phi) is 5.12. The second kappa shape index (κ2) is 8.21. The first kappa shape index (κ1) is 21.8. The van der Waals surface area contributed by atoms with Crippen LogP contribution >= 0.6 is 0 Å². The van der Waals surface area contributed by atoms with Gasteiger partial charge < -0.3 is 26.2 Å². The molecule has 1 amide bonds. The van der Waals surface area contributed by atoms with Gasteiger partial charge in [-0.25, -0.2) is 9.37 Å². The van der Waals surface area contributed by atoms with E-state index in [4.69, 9.17) is 0 Å². The summed E-state index contributed by atoms with van der Waals surface area (Å²) in [5.74, 6) is 0.675. The van der Waals surface area contributed by atoms with E-state index in [1.165, 1.54) is 24.8 Å². The van der Waals surface area contributed by atoms with Crippen molar-refractivity contribution in [1.82, 2.24) is 9.88 Å². The van der Waals surface area contributed by atoms with Crippen molar-refractivity contribution >= 4 is 34.5 Å². The van der Waals surface area contributed by atoms with Gasteiger partial charge in [0.2, 0.25) is 0 Å². The number of nitrogens with one attached hydrogen (secondary N) is 3. The van der Waals surface area contributed by atoms with Crippen molar-refractivity contribution in [2.75, 3.05) is 29.1 Å². The SMILES string of the molecule is Cc1cc(F)c(Nc2ccnc3c2C(=O)Nc2cc(CN4C[C@H]5C[C@H]5C4CO)ccc2N3)cc1O. The average molecular weight is 476 g/mol. The van der Waals surface area contributed by atoms with Crippen LogP contribution in [0.25, 0.3) is 0 Å². The van der Waals surface area contributed by atoms with Gasteiger partial charge in [-0.05, 0) is 60.6 Å². The number of carbonyl (C=O) groups is 1. The number of phenolic OH excluding ortho intramolecular Hbond substituents is 1. The Hall–Kier alpha value is -3.69. The molecule has 0 bridgehead atoms. The lowest BCUT2D eigenvalue weighted by Crippen LogP contribution is -2.35. The quantitative estimate of drug-likeness (QED) is 0.378. The van der Waals surface area contributed by atoms with E-state index in [-0.39, 0.29) is 35.6 Å². The van der Waals surface area contributed by atoms with Gasteiger partial charge in [-0.3, -0.25) is 9.69 Å². The molecule has 6 rings (SSSR count). The highest BCUT2D eigenvalue weighted by Gasteiger charge is 2.51. The summed E-state index contributed by atoms with van der Waals surface area (Å²) < 4.78 is 14.5. The topological polar surface area (TPSA) is 110 Å². The molecule has 1 aromatic heterocycles. The summed E-state index contributed by atoms with van der Waals surface area (Å²) in [4.78, 5) is 19.9. The van der Waals surface area contributed by atoms with Crippen molar-refractivity contribution in [3.05, 3.63) is 65.1 Å². The number of benzene rings is 2. The van der Waals surface area contributed by atoms with Gasteiger partial charge in [0, 0.05) is 31.4 Å². The number of nitrogens with zero attached hydrogens (tertiary/aromatic N) is 2. The normalized spacial score (nSPS) is 22.4. The van der Waals surface area contributed by atoms with E-state index in [9.17, 15) is 19.4 Å². The van der Waals surface area contributed by atoms with Crippen molar-refractivity contribution in [3.63, 3.8) is 0 Å². The van der Waals surface area contributed by atoms with Gasteiger partial charge in [0.25, 0.3) is 5.91 Å². The van der Waals surface area contributed by atoms with Gasteiger partial charge in [-0.15, -0.1) is 0 Å². The van der Waals surface area contributed by atoms with E-state index < -0.39 is 5.82 Å². The van der Waals surface area contributed by atoms with Crippen LogP contribution in [0.4, 0.5) is 33.0 Å². The number of piperidine rings is 1. The van der Waals surface area contributed by atoms with Crippen LogP contribution in [-0.4, -0.2) is 45.2 Å². The fraction of sp³-hybridized carbons (Fsp3) is 0.308. The van der Waals surface area contributed by atoms with Gasteiger partial charge in [0.1, 0.15) is 22.9 Å². The van der Waals surface area contributed by atoms with Gasteiger partial charge in [-0.1, -0.05) is 6.07 Å². The van der Waals surface area contributed by atoms with Gasteiger partial charge >= 0.3 is 0 Å². The third-order valence-corrected chi connectivity index (χ3v) is 7.30. The van der Waals surface area contributed by atoms with Crippen LogP contribution in [0.15, 0.2) is 42.6 Å². The third-order valence-electron chi connectivity index (χ3n) is 7.30. The third kappa shape index (κ3) is 3.86. The minimum atomic E-state index is -0.540. The number of amides is 1. The summed E-state index contributed by atoms with van der Waals surface area (Å²) in [6, 6.07) is 10.2. The summed E-state index contributed by atoms with van der Waals surface area (Å²) in [6.45, 7) is 3.48. The van der Waals surface area contributed by atoms with Crippen LogP contribution in [0, 0.1) is 24.6 Å². The van der Waals surface area contributed by atoms with Crippen molar-refractivity contribution < 1.29 is 19.4 Å². The summed E-state index contributed by atoms with van der Waals surface area (Å²) in [5, 5.41) is 28.9. The Morgan fingerprint density at radius 3 is 2.86 bits per heavy atom. The Morgan fingerprint density at radius 1 is 1.17 bits per heavy atom. The van der Waals surface area contributed by atoms with Crippen molar-refractivity contribution in [2.24, 2.45) is 11.8 Å². The van der Waals surface area contributed by atoms with Crippen molar-refractivity contribution in [1.29, 1.82) is 0 Å². The zero-order valence-corrected chi connectivity index (χ0v) is 19.2. The number of aliphatic hydroxyl groups is 1. The van der Waals surface area contributed by atoms with E-state index in [0.717, 1.165) is 12.1 Å². The molecule has 8 nitrogen and oxygen atoms in total. The predicted molar refractivity (Wildman–Crippen MR) is 131 cm³/mol. The number of aromatic nitrogens is 1. The lowest BCUT2D eigenvalue weighted by atomic mass is 10.1. The molecule has 5 N–H and O–H groups in total. The molecule has 1 saturated carbocycles.